The minimum atomic E-state index is 0.898. The molecule has 0 unspecified atom stereocenters. The van der Waals surface area contributed by atoms with E-state index in [1.807, 2.05) is 0 Å². The van der Waals surface area contributed by atoms with Gasteiger partial charge in [0.15, 0.2) is 0 Å². The largest absolute Gasteiger partial charge is 0.162 e. The zero-order valence-electron chi connectivity index (χ0n) is 15.7. The predicted molar refractivity (Wildman–Crippen MR) is 111 cm³/mol. The Balaban J connectivity index is 3.11. The van der Waals surface area contributed by atoms with E-state index in [2.05, 4.69) is 44.3 Å². The molecule has 0 spiro atoms. The van der Waals surface area contributed by atoms with Crippen molar-refractivity contribution in [3.05, 3.63) is 0 Å². The maximum absolute atomic E-state index is 2.43. The maximum atomic E-state index is 2.43. The molecule has 0 N–H and O–H groups in total. The van der Waals surface area contributed by atoms with Gasteiger partial charge in [0.1, 0.15) is 0 Å². The van der Waals surface area contributed by atoms with Gasteiger partial charge in [-0.05, 0) is 41.8 Å². The molecule has 134 valence electrons. The van der Waals surface area contributed by atoms with Gasteiger partial charge in [-0.1, -0.05) is 85.0 Å². The van der Waals surface area contributed by atoms with Crippen LogP contribution in [0.5, 0.6) is 0 Å². The molecule has 0 saturated carbocycles. The summed E-state index contributed by atoms with van der Waals surface area (Å²) in [7, 11) is 0. The Kier molecular flexibility index (Phi) is 20.4. The minimum absolute atomic E-state index is 0.898. The van der Waals surface area contributed by atoms with Crippen molar-refractivity contribution in [2.24, 2.45) is 5.92 Å². The highest BCUT2D eigenvalue weighted by atomic mass is 32.2. The van der Waals surface area contributed by atoms with E-state index < -0.39 is 0 Å². The first-order valence-corrected chi connectivity index (χ1v) is 12.3. The zero-order chi connectivity index (χ0) is 16.3. The van der Waals surface area contributed by atoms with Crippen molar-refractivity contribution < 1.29 is 0 Å². The number of hydrogen-bond acceptors (Lipinski definition) is 2. The fourth-order valence-corrected chi connectivity index (χ4v) is 4.93. The van der Waals surface area contributed by atoms with Crippen molar-refractivity contribution in [1.29, 1.82) is 0 Å². The molecule has 0 aliphatic carbocycles. The number of rotatable bonds is 18. The summed E-state index contributed by atoms with van der Waals surface area (Å²) in [4.78, 5) is 0. The molecule has 0 atom stereocenters. The average Bonchev–Trinajstić information content (AvgIpc) is 2.52. The second kappa shape index (κ2) is 19.7. The second-order valence-electron chi connectivity index (χ2n) is 6.79. The van der Waals surface area contributed by atoms with Gasteiger partial charge in [0, 0.05) is 0 Å². The molecule has 0 heterocycles. The molecule has 0 aliphatic rings. The smallest absolute Gasteiger partial charge is 0.00339 e. The number of hydrogen-bond donors (Lipinski definition) is 0. The summed E-state index contributed by atoms with van der Waals surface area (Å²) in [5, 5.41) is 0. The third-order valence-electron chi connectivity index (χ3n) is 4.09. The highest BCUT2D eigenvalue weighted by Gasteiger charge is 2.02. The van der Waals surface area contributed by atoms with Crippen LogP contribution in [-0.4, -0.2) is 23.0 Å². The summed E-state index contributed by atoms with van der Waals surface area (Å²) in [5.74, 6) is 6.42. The Morgan fingerprint density at radius 2 is 0.909 bits per heavy atom. The highest BCUT2D eigenvalue weighted by Crippen LogP contribution is 2.18. The van der Waals surface area contributed by atoms with Gasteiger partial charge in [-0.3, -0.25) is 0 Å². The monoisotopic (exact) mass is 346 g/mol. The fraction of sp³-hybridized carbons (Fsp3) is 1.00. The van der Waals surface area contributed by atoms with E-state index >= 15 is 0 Å². The van der Waals surface area contributed by atoms with Crippen LogP contribution in [0.3, 0.4) is 0 Å². The molecule has 2 heteroatoms. The van der Waals surface area contributed by atoms with Crippen LogP contribution in [0.15, 0.2) is 0 Å². The third-order valence-corrected chi connectivity index (χ3v) is 6.85. The van der Waals surface area contributed by atoms with Gasteiger partial charge in [0.05, 0.1) is 0 Å². The molecular weight excluding hydrogens is 304 g/mol. The van der Waals surface area contributed by atoms with E-state index in [1.54, 1.807) is 0 Å². The lowest BCUT2D eigenvalue weighted by Gasteiger charge is -2.10. The van der Waals surface area contributed by atoms with E-state index in [9.17, 15) is 0 Å². The Morgan fingerprint density at radius 1 is 0.545 bits per heavy atom. The molecule has 0 amide bonds. The third kappa shape index (κ3) is 18.7. The van der Waals surface area contributed by atoms with Crippen LogP contribution in [0.4, 0.5) is 0 Å². The summed E-state index contributed by atoms with van der Waals surface area (Å²) < 4.78 is 0. The first kappa shape index (κ1) is 22.7. The van der Waals surface area contributed by atoms with Gasteiger partial charge in [0.2, 0.25) is 0 Å². The molecule has 0 aromatic rings. The fourth-order valence-electron chi connectivity index (χ4n) is 2.59. The normalized spacial score (nSPS) is 11.5. The SMILES string of the molecule is CCCCCCCCSCC(C)CSCCCCCCCC. The molecule has 0 fully saturated rings. The van der Waals surface area contributed by atoms with Crippen LogP contribution in [0.1, 0.15) is 97.8 Å². The van der Waals surface area contributed by atoms with Gasteiger partial charge in [-0.25, -0.2) is 0 Å². The van der Waals surface area contributed by atoms with Crippen LogP contribution >= 0.6 is 23.5 Å². The van der Waals surface area contributed by atoms with Crippen LogP contribution in [0, 0.1) is 5.92 Å². The lowest BCUT2D eigenvalue weighted by molar-refractivity contribution is 0.626. The summed E-state index contributed by atoms with van der Waals surface area (Å²) >= 11 is 4.38. The van der Waals surface area contributed by atoms with Gasteiger partial charge in [-0.15, -0.1) is 0 Å². The Bertz CT molecular complexity index is 174. The molecule has 22 heavy (non-hydrogen) atoms. The molecule has 0 radical (unpaired) electrons. The van der Waals surface area contributed by atoms with Crippen LogP contribution in [0.25, 0.3) is 0 Å². The zero-order valence-corrected chi connectivity index (χ0v) is 17.3. The standard InChI is InChI=1S/C20H42S2/c1-4-6-8-10-12-14-16-21-18-20(3)19-22-17-15-13-11-9-7-5-2/h20H,4-19H2,1-3H3. The molecular formula is C20H42S2. The summed E-state index contributed by atoms with van der Waals surface area (Å²) in [5.41, 5.74) is 0. The van der Waals surface area contributed by atoms with Gasteiger partial charge in [-0.2, -0.15) is 23.5 Å². The number of unbranched alkanes of at least 4 members (excludes halogenated alkanes) is 10. The van der Waals surface area contributed by atoms with Crippen molar-refractivity contribution in [3.63, 3.8) is 0 Å². The lowest BCUT2D eigenvalue weighted by atomic mass is 10.1. The Labute approximate surface area is 150 Å². The van der Waals surface area contributed by atoms with E-state index in [0.29, 0.717) is 0 Å². The first-order valence-electron chi connectivity index (χ1n) is 9.96. The summed E-state index contributed by atoms with van der Waals surface area (Å²) in [6, 6.07) is 0. The number of thioether (sulfide) groups is 2. The van der Waals surface area contributed by atoms with Crippen molar-refractivity contribution >= 4 is 23.5 Å². The molecule has 0 aliphatic heterocycles. The van der Waals surface area contributed by atoms with Crippen LogP contribution in [0.2, 0.25) is 0 Å². The quantitative estimate of drug-likeness (QED) is 0.232. The predicted octanol–water partition coefficient (Wildman–Crippen LogP) is 7.81. The molecule has 0 bridgehead atoms. The highest BCUT2D eigenvalue weighted by molar-refractivity contribution is 8.00. The van der Waals surface area contributed by atoms with Crippen molar-refractivity contribution in [1.82, 2.24) is 0 Å². The second-order valence-corrected chi connectivity index (χ2v) is 9.09. The first-order chi connectivity index (χ1) is 10.8. The maximum Gasteiger partial charge on any atom is -0.00339 e. The van der Waals surface area contributed by atoms with E-state index in [1.165, 1.54) is 100 Å². The molecule has 0 aromatic heterocycles. The molecule has 0 nitrogen and oxygen atoms in total. The average molecular weight is 347 g/mol. The van der Waals surface area contributed by atoms with E-state index in [4.69, 9.17) is 0 Å². The van der Waals surface area contributed by atoms with E-state index in [-0.39, 0.29) is 0 Å². The summed E-state index contributed by atoms with van der Waals surface area (Å²) in [6.07, 6.45) is 17.2. The summed E-state index contributed by atoms with van der Waals surface area (Å²) in [6.45, 7) is 7.02. The van der Waals surface area contributed by atoms with Crippen molar-refractivity contribution in [2.45, 2.75) is 97.8 Å². The van der Waals surface area contributed by atoms with E-state index in [0.717, 1.165) is 5.92 Å². The van der Waals surface area contributed by atoms with Gasteiger partial charge >= 0.3 is 0 Å². The Hall–Kier alpha value is 0.700. The molecule has 0 aromatic carbocycles. The molecule has 0 rings (SSSR count). The van der Waals surface area contributed by atoms with Crippen molar-refractivity contribution in [2.75, 3.05) is 23.0 Å². The topological polar surface area (TPSA) is 0 Å². The minimum Gasteiger partial charge on any atom is -0.162 e. The van der Waals surface area contributed by atoms with Crippen molar-refractivity contribution in [3.8, 4) is 0 Å². The lowest BCUT2D eigenvalue weighted by Crippen LogP contribution is -2.03. The van der Waals surface area contributed by atoms with Crippen LogP contribution in [-0.2, 0) is 0 Å². The van der Waals surface area contributed by atoms with Gasteiger partial charge in [0.25, 0.3) is 0 Å². The van der Waals surface area contributed by atoms with Gasteiger partial charge < -0.3 is 0 Å². The Morgan fingerprint density at radius 3 is 1.32 bits per heavy atom. The van der Waals surface area contributed by atoms with Crippen LogP contribution < -0.4 is 0 Å². The molecule has 0 saturated heterocycles.